The van der Waals surface area contributed by atoms with Crippen molar-refractivity contribution in [3.05, 3.63) is 65.0 Å². The third-order valence-electron chi connectivity index (χ3n) is 7.15. The molecule has 0 spiro atoms. The fourth-order valence-electron chi connectivity index (χ4n) is 4.85. The van der Waals surface area contributed by atoms with Crippen molar-refractivity contribution in [2.45, 2.75) is 43.9 Å². The van der Waals surface area contributed by atoms with Crippen molar-refractivity contribution >= 4 is 52.0 Å². The molecule has 0 amide bonds. The normalized spacial score (nSPS) is 17.7. The van der Waals surface area contributed by atoms with Gasteiger partial charge in [0.1, 0.15) is 13.7 Å². The summed E-state index contributed by atoms with van der Waals surface area (Å²) in [6, 6.07) is 9.26. The Bertz CT molecular complexity index is 1420. The molecule has 1 aliphatic heterocycles. The van der Waals surface area contributed by atoms with Crippen molar-refractivity contribution in [1.82, 2.24) is 18.9 Å². The molecule has 10 heteroatoms. The Morgan fingerprint density at radius 2 is 1.94 bits per heavy atom. The zero-order chi connectivity index (χ0) is 25.3. The molecule has 1 fully saturated rings. The maximum absolute atomic E-state index is 13.1. The number of fused-ring (bicyclic) bond motifs is 1. The smallest absolute Gasteiger partial charge is 0.243 e. The van der Waals surface area contributed by atoms with Gasteiger partial charge in [0.25, 0.3) is 0 Å². The van der Waals surface area contributed by atoms with Crippen molar-refractivity contribution in [2.24, 2.45) is 5.92 Å². The molecular formula is C26H31BClN5O2S. The molecule has 2 aliphatic rings. The van der Waals surface area contributed by atoms with Gasteiger partial charge in [-0.2, -0.15) is 13.9 Å². The lowest BCUT2D eigenvalue weighted by Gasteiger charge is -2.31. The molecule has 2 aromatic heterocycles. The first kappa shape index (κ1) is 25.1. The molecule has 0 atom stereocenters. The van der Waals surface area contributed by atoms with Crippen LogP contribution < -0.4 is 10.8 Å². The molecule has 1 N–H and O–H groups in total. The van der Waals surface area contributed by atoms with E-state index in [0.717, 1.165) is 77.4 Å². The van der Waals surface area contributed by atoms with Gasteiger partial charge in [0.15, 0.2) is 5.65 Å². The van der Waals surface area contributed by atoms with Crippen molar-refractivity contribution in [2.75, 3.05) is 25.0 Å². The lowest BCUT2D eigenvalue weighted by Crippen LogP contribution is -2.39. The molecule has 36 heavy (non-hydrogen) atoms. The van der Waals surface area contributed by atoms with Crippen LogP contribution in [0.3, 0.4) is 0 Å². The third-order valence-corrected chi connectivity index (χ3v) is 9.45. The molecule has 0 radical (unpaired) electrons. The number of aromatic nitrogens is 3. The Balaban J connectivity index is 1.28. The van der Waals surface area contributed by atoms with E-state index in [2.05, 4.69) is 23.4 Å². The second kappa shape index (κ2) is 10.4. The van der Waals surface area contributed by atoms with Crippen LogP contribution in [0.5, 0.6) is 0 Å². The Labute approximate surface area is 218 Å². The number of piperidine rings is 1. The fraction of sp³-hybridized carbons (Fsp3) is 0.385. The summed E-state index contributed by atoms with van der Waals surface area (Å²) < 4.78 is 29.7. The number of aryl methyl sites for hydroxylation is 1. The summed E-state index contributed by atoms with van der Waals surface area (Å²) in [6.07, 6.45) is 10.3. The van der Waals surface area contributed by atoms with Gasteiger partial charge in [0.2, 0.25) is 10.0 Å². The molecule has 3 heterocycles. The average Bonchev–Trinajstić information content (AvgIpc) is 3.28. The van der Waals surface area contributed by atoms with Gasteiger partial charge in [-0.1, -0.05) is 42.8 Å². The molecule has 1 saturated heterocycles. The number of sulfonamides is 1. The van der Waals surface area contributed by atoms with Crippen molar-refractivity contribution in [1.29, 1.82) is 0 Å². The summed E-state index contributed by atoms with van der Waals surface area (Å²) in [5.74, 6) is 1.23. The van der Waals surface area contributed by atoms with E-state index in [0.29, 0.717) is 23.9 Å². The Morgan fingerprint density at radius 3 is 2.64 bits per heavy atom. The average molecular weight is 524 g/mol. The molecule has 0 bridgehead atoms. The predicted molar refractivity (Wildman–Crippen MR) is 148 cm³/mol. The van der Waals surface area contributed by atoms with Crippen molar-refractivity contribution < 1.29 is 8.42 Å². The molecule has 0 saturated carbocycles. The highest BCUT2D eigenvalue weighted by atomic mass is 35.5. The van der Waals surface area contributed by atoms with Gasteiger partial charge in [0.05, 0.1) is 10.6 Å². The Hall–Kier alpha value is -2.62. The van der Waals surface area contributed by atoms with Gasteiger partial charge in [0, 0.05) is 42.5 Å². The highest BCUT2D eigenvalue weighted by molar-refractivity contribution is 7.89. The van der Waals surface area contributed by atoms with Crippen LogP contribution >= 0.6 is 11.6 Å². The lowest BCUT2D eigenvalue weighted by atomic mass is 9.98. The Morgan fingerprint density at radius 1 is 1.19 bits per heavy atom. The largest absolute Gasteiger partial charge is 0.370 e. The van der Waals surface area contributed by atoms with Crippen LogP contribution in [-0.2, 0) is 16.4 Å². The number of allylic oxidation sites excluding steroid dienone is 4. The SMILES string of the molecule is Bc1cnn2c(NCC3CCN(S(=O)(=O)c4ccc(CC)cc4)CC3)cc(C3=C(Cl)CCC=C3)nc12. The van der Waals surface area contributed by atoms with E-state index in [9.17, 15) is 8.42 Å². The minimum absolute atomic E-state index is 0.361. The van der Waals surface area contributed by atoms with Crippen LogP contribution in [0, 0.1) is 5.92 Å². The molecule has 3 aromatic rings. The summed E-state index contributed by atoms with van der Waals surface area (Å²) in [5, 5.41) is 8.91. The van der Waals surface area contributed by atoms with Crippen LogP contribution in [-0.4, -0.2) is 54.8 Å². The highest BCUT2D eigenvalue weighted by Gasteiger charge is 2.29. The number of benzene rings is 1. The maximum Gasteiger partial charge on any atom is 0.243 e. The van der Waals surface area contributed by atoms with Gasteiger partial charge in [-0.05, 0) is 61.2 Å². The molecule has 5 rings (SSSR count). The minimum Gasteiger partial charge on any atom is -0.370 e. The lowest BCUT2D eigenvalue weighted by molar-refractivity contribution is 0.282. The summed E-state index contributed by atoms with van der Waals surface area (Å²) >= 11 is 6.53. The molecule has 188 valence electrons. The van der Waals surface area contributed by atoms with Crippen LogP contribution in [0.2, 0.25) is 0 Å². The van der Waals surface area contributed by atoms with Gasteiger partial charge in [-0.15, -0.1) is 0 Å². The highest BCUT2D eigenvalue weighted by Crippen LogP contribution is 2.31. The van der Waals surface area contributed by atoms with Gasteiger partial charge in [-0.25, -0.2) is 13.4 Å². The first-order valence-electron chi connectivity index (χ1n) is 12.6. The molecule has 7 nitrogen and oxygen atoms in total. The maximum atomic E-state index is 13.1. The molecular weight excluding hydrogens is 493 g/mol. The third kappa shape index (κ3) is 4.97. The van der Waals surface area contributed by atoms with E-state index in [1.165, 1.54) is 0 Å². The van der Waals surface area contributed by atoms with E-state index in [1.54, 1.807) is 16.4 Å². The summed E-state index contributed by atoms with van der Waals surface area (Å²) in [5.41, 5.74) is 4.74. The van der Waals surface area contributed by atoms with Crippen LogP contribution in [0.4, 0.5) is 5.82 Å². The number of hydrogen-bond donors (Lipinski definition) is 1. The number of nitrogens with one attached hydrogen (secondary N) is 1. The fourth-order valence-corrected chi connectivity index (χ4v) is 6.58. The minimum atomic E-state index is -3.46. The van der Waals surface area contributed by atoms with Crippen LogP contribution in [0.25, 0.3) is 11.2 Å². The van der Waals surface area contributed by atoms with Crippen LogP contribution in [0.15, 0.2) is 58.6 Å². The van der Waals surface area contributed by atoms with Gasteiger partial charge >= 0.3 is 0 Å². The summed E-state index contributed by atoms with van der Waals surface area (Å²) in [6.45, 7) is 3.84. The zero-order valence-electron chi connectivity index (χ0n) is 20.7. The van der Waals surface area contributed by atoms with E-state index in [4.69, 9.17) is 16.6 Å². The molecule has 0 unspecified atom stereocenters. The van der Waals surface area contributed by atoms with Crippen LogP contribution in [0.1, 0.15) is 43.9 Å². The van der Waals surface area contributed by atoms with E-state index in [1.807, 2.05) is 42.8 Å². The topological polar surface area (TPSA) is 79.6 Å². The second-order valence-corrected chi connectivity index (χ2v) is 12.0. The first-order valence-corrected chi connectivity index (χ1v) is 14.4. The number of anilines is 1. The zero-order valence-corrected chi connectivity index (χ0v) is 22.3. The number of halogens is 1. The van der Waals surface area contributed by atoms with Gasteiger partial charge < -0.3 is 5.32 Å². The van der Waals surface area contributed by atoms with Crippen molar-refractivity contribution in [3.63, 3.8) is 0 Å². The number of hydrogen-bond acceptors (Lipinski definition) is 5. The van der Waals surface area contributed by atoms with E-state index >= 15 is 0 Å². The standard InChI is InChI=1S/C26H31BClN5O2S/c1-2-18-7-9-20(10-8-18)36(34,35)32-13-11-19(12-14-32)16-29-25-15-24(21-5-3-4-6-23(21)28)31-26-22(27)17-30-33(25)26/h3,5,7-10,15,17,19,29H,2,4,6,11-14,16,27H2,1H3. The Kier molecular flexibility index (Phi) is 7.24. The first-order chi connectivity index (χ1) is 17.4. The number of nitrogens with zero attached hydrogens (tertiary/aromatic N) is 4. The molecule has 1 aromatic carbocycles. The predicted octanol–water partition coefficient (Wildman–Crippen LogP) is 3.36. The van der Waals surface area contributed by atoms with E-state index in [-0.39, 0.29) is 0 Å². The van der Waals surface area contributed by atoms with E-state index < -0.39 is 10.0 Å². The quantitative estimate of drug-likeness (QED) is 0.481. The monoisotopic (exact) mass is 523 g/mol. The molecule has 1 aliphatic carbocycles. The van der Waals surface area contributed by atoms with Gasteiger partial charge in [-0.3, -0.25) is 0 Å². The number of rotatable bonds is 7. The second-order valence-electron chi connectivity index (χ2n) is 9.58. The summed E-state index contributed by atoms with van der Waals surface area (Å²) in [7, 11) is -1.46. The summed E-state index contributed by atoms with van der Waals surface area (Å²) in [4.78, 5) is 5.21. The van der Waals surface area contributed by atoms with Crippen molar-refractivity contribution in [3.8, 4) is 0 Å².